The smallest absolute Gasteiger partial charge is 0.161 e. The Morgan fingerprint density at radius 3 is 2.72 bits per heavy atom. The fourth-order valence-corrected chi connectivity index (χ4v) is 3.26. The first kappa shape index (κ1) is 17.7. The van der Waals surface area contributed by atoms with E-state index in [0.29, 0.717) is 30.3 Å². The quantitative estimate of drug-likeness (QED) is 0.734. The SMILES string of the molecule is CCOc1ccc(/C=C2\CN(Cc3ccccc3)CCC2=O)cc1Cl. The summed E-state index contributed by atoms with van der Waals surface area (Å²) in [7, 11) is 0. The number of Topliss-reactive ketones (excluding diaryl/α,β-unsaturated/α-hetero) is 1. The molecule has 0 bridgehead atoms. The fourth-order valence-electron chi connectivity index (χ4n) is 3.01. The van der Waals surface area contributed by atoms with Crippen molar-refractivity contribution in [2.75, 3.05) is 19.7 Å². The van der Waals surface area contributed by atoms with Crippen LogP contribution in [0.1, 0.15) is 24.5 Å². The first-order valence-electron chi connectivity index (χ1n) is 8.58. The van der Waals surface area contributed by atoms with E-state index in [0.717, 1.165) is 24.2 Å². The van der Waals surface area contributed by atoms with Gasteiger partial charge in [-0.15, -0.1) is 0 Å². The zero-order chi connectivity index (χ0) is 17.6. The van der Waals surface area contributed by atoms with E-state index in [1.807, 2.05) is 49.4 Å². The largest absolute Gasteiger partial charge is 0.492 e. The lowest BCUT2D eigenvalue weighted by molar-refractivity contribution is -0.117. The van der Waals surface area contributed by atoms with Gasteiger partial charge in [0.15, 0.2) is 5.78 Å². The minimum atomic E-state index is 0.217. The maximum absolute atomic E-state index is 12.3. The highest BCUT2D eigenvalue weighted by Gasteiger charge is 2.21. The summed E-state index contributed by atoms with van der Waals surface area (Å²) in [6.07, 6.45) is 2.50. The van der Waals surface area contributed by atoms with E-state index >= 15 is 0 Å². The van der Waals surface area contributed by atoms with Crippen LogP contribution in [0.4, 0.5) is 0 Å². The van der Waals surface area contributed by atoms with Crippen LogP contribution < -0.4 is 4.74 Å². The molecule has 2 aromatic carbocycles. The molecule has 1 saturated heterocycles. The van der Waals surface area contributed by atoms with Crippen LogP contribution in [0.5, 0.6) is 5.75 Å². The molecule has 130 valence electrons. The summed E-state index contributed by atoms with van der Waals surface area (Å²) in [6, 6.07) is 16.0. The van der Waals surface area contributed by atoms with Gasteiger partial charge in [0.05, 0.1) is 11.6 Å². The molecule has 0 aromatic heterocycles. The monoisotopic (exact) mass is 355 g/mol. The standard InChI is InChI=1S/C21H22ClNO2/c1-2-25-21-9-8-17(13-19(21)22)12-18-15-23(11-10-20(18)24)14-16-6-4-3-5-7-16/h3-9,12-13H,2,10-11,14-15H2,1H3/b18-12+. The van der Waals surface area contributed by atoms with Gasteiger partial charge >= 0.3 is 0 Å². The van der Waals surface area contributed by atoms with Gasteiger partial charge < -0.3 is 4.74 Å². The lowest BCUT2D eigenvalue weighted by Crippen LogP contribution is -2.35. The average molecular weight is 356 g/mol. The summed E-state index contributed by atoms with van der Waals surface area (Å²) in [5.41, 5.74) is 3.03. The van der Waals surface area contributed by atoms with Crippen molar-refractivity contribution in [3.8, 4) is 5.75 Å². The zero-order valence-electron chi connectivity index (χ0n) is 14.4. The van der Waals surface area contributed by atoms with E-state index in [9.17, 15) is 4.79 Å². The molecule has 0 amide bonds. The molecule has 25 heavy (non-hydrogen) atoms. The van der Waals surface area contributed by atoms with Crippen molar-refractivity contribution in [3.05, 3.63) is 70.3 Å². The van der Waals surface area contributed by atoms with Crippen LogP contribution >= 0.6 is 11.6 Å². The molecule has 0 saturated carbocycles. The van der Waals surface area contributed by atoms with Crippen molar-refractivity contribution in [1.29, 1.82) is 0 Å². The third kappa shape index (κ3) is 4.71. The molecular weight excluding hydrogens is 334 g/mol. The average Bonchev–Trinajstić information content (AvgIpc) is 2.61. The Morgan fingerprint density at radius 1 is 1.20 bits per heavy atom. The van der Waals surface area contributed by atoms with Crippen molar-refractivity contribution in [3.63, 3.8) is 0 Å². The molecule has 0 radical (unpaired) electrons. The first-order chi connectivity index (χ1) is 12.2. The summed E-state index contributed by atoms with van der Waals surface area (Å²) in [6.45, 7) is 4.82. The second-order valence-corrected chi connectivity index (χ2v) is 6.57. The first-order valence-corrected chi connectivity index (χ1v) is 8.96. The van der Waals surface area contributed by atoms with E-state index < -0.39 is 0 Å². The van der Waals surface area contributed by atoms with Gasteiger partial charge in [-0.25, -0.2) is 0 Å². The van der Waals surface area contributed by atoms with Crippen molar-refractivity contribution in [2.45, 2.75) is 19.9 Å². The van der Waals surface area contributed by atoms with Gasteiger partial charge in [0.25, 0.3) is 0 Å². The normalized spacial score (nSPS) is 17.0. The van der Waals surface area contributed by atoms with Crippen molar-refractivity contribution in [2.24, 2.45) is 0 Å². The van der Waals surface area contributed by atoms with E-state index in [2.05, 4.69) is 17.0 Å². The predicted octanol–water partition coefficient (Wildman–Crippen LogP) is 4.60. The topological polar surface area (TPSA) is 29.5 Å². The summed E-state index contributed by atoms with van der Waals surface area (Å²) < 4.78 is 5.46. The van der Waals surface area contributed by atoms with Gasteiger partial charge in [0.1, 0.15) is 5.75 Å². The molecule has 0 aliphatic carbocycles. The van der Waals surface area contributed by atoms with Crippen molar-refractivity contribution in [1.82, 2.24) is 4.90 Å². The van der Waals surface area contributed by atoms with E-state index in [4.69, 9.17) is 16.3 Å². The molecule has 2 aromatic rings. The Hall–Kier alpha value is -2.10. The summed E-state index contributed by atoms with van der Waals surface area (Å²) in [5, 5.41) is 0.570. The van der Waals surface area contributed by atoms with Gasteiger partial charge in [-0.3, -0.25) is 9.69 Å². The molecule has 4 heteroatoms. The lowest BCUT2D eigenvalue weighted by Gasteiger charge is -2.27. The number of piperidine rings is 1. The van der Waals surface area contributed by atoms with E-state index in [1.54, 1.807) is 0 Å². The Morgan fingerprint density at radius 2 is 2.00 bits per heavy atom. The number of ether oxygens (including phenoxy) is 1. The van der Waals surface area contributed by atoms with Gasteiger partial charge in [0, 0.05) is 31.6 Å². The van der Waals surface area contributed by atoms with Gasteiger partial charge in [-0.05, 0) is 36.3 Å². The van der Waals surface area contributed by atoms with Crippen LogP contribution in [-0.4, -0.2) is 30.4 Å². The molecule has 0 spiro atoms. The molecule has 3 nitrogen and oxygen atoms in total. The number of ketones is 1. The number of nitrogens with zero attached hydrogens (tertiary/aromatic N) is 1. The van der Waals surface area contributed by atoms with Crippen LogP contribution in [0.25, 0.3) is 6.08 Å². The number of hydrogen-bond donors (Lipinski definition) is 0. The minimum absolute atomic E-state index is 0.217. The van der Waals surface area contributed by atoms with Crippen molar-refractivity contribution >= 4 is 23.5 Å². The maximum Gasteiger partial charge on any atom is 0.161 e. The third-order valence-corrected chi connectivity index (χ3v) is 4.55. The van der Waals surface area contributed by atoms with Crippen molar-refractivity contribution < 1.29 is 9.53 Å². The number of likely N-dealkylation sites (tertiary alicyclic amines) is 1. The Bertz CT molecular complexity index is 771. The summed E-state index contributed by atoms with van der Waals surface area (Å²) >= 11 is 6.25. The molecule has 1 aliphatic heterocycles. The zero-order valence-corrected chi connectivity index (χ0v) is 15.1. The number of carbonyl (C=O) groups is 1. The molecule has 0 unspecified atom stereocenters. The van der Waals surface area contributed by atoms with E-state index in [-0.39, 0.29) is 5.78 Å². The lowest BCUT2D eigenvalue weighted by atomic mass is 9.99. The third-order valence-electron chi connectivity index (χ3n) is 4.25. The second-order valence-electron chi connectivity index (χ2n) is 6.16. The van der Waals surface area contributed by atoms with Gasteiger partial charge in [-0.1, -0.05) is 48.0 Å². The second kappa shape index (κ2) is 8.32. The van der Waals surface area contributed by atoms with Gasteiger partial charge in [-0.2, -0.15) is 0 Å². The predicted molar refractivity (Wildman–Crippen MR) is 102 cm³/mol. The highest BCUT2D eigenvalue weighted by molar-refractivity contribution is 6.32. The minimum Gasteiger partial charge on any atom is -0.492 e. The fraction of sp³-hybridized carbons (Fsp3) is 0.286. The number of rotatable bonds is 5. The molecule has 1 aliphatic rings. The molecule has 1 fully saturated rings. The number of benzene rings is 2. The molecule has 3 rings (SSSR count). The van der Waals surface area contributed by atoms with Crippen LogP contribution in [-0.2, 0) is 11.3 Å². The molecule has 0 atom stereocenters. The number of hydrogen-bond acceptors (Lipinski definition) is 3. The molecule has 1 heterocycles. The summed E-state index contributed by atoms with van der Waals surface area (Å²) in [4.78, 5) is 14.6. The van der Waals surface area contributed by atoms with Crippen LogP contribution in [0.2, 0.25) is 5.02 Å². The highest BCUT2D eigenvalue weighted by atomic mass is 35.5. The Labute approximate surface area is 153 Å². The van der Waals surface area contributed by atoms with Crippen LogP contribution in [0.3, 0.4) is 0 Å². The van der Waals surface area contributed by atoms with E-state index in [1.165, 1.54) is 5.56 Å². The molecule has 0 N–H and O–H groups in total. The van der Waals surface area contributed by atoms with Crippen LogP contribution in [0, 0.1) is 0 Å². The Balaban J connectivity index is 1.74. The summed E-state index contributed by atoms with van der Waals surface area (Å²) in [5.74, 6) is 0.890. The Kier molecular flexibility index (Phi) is 5.90. The highest BCUT2D eigenvalue weighted by Crippen LogP contribution is 2.27. The van der Waals surface area contributed by atoms with Crippen LogP contribution in [0.15, 0.2) is 54.1 Å². The molecular formula is C21H22ClNO2. The maximum atomic E-state index is 12.3. The van der Waals surface area contributed by atoms with Gasteiger partial charge in [0.2, 0.25) is 0 Å². The number of halogens is 1. The number of carbonyl (C=O) groups excluding carboxylic acids is 1.